The zero-order chi connectivity index (χ0) is 8.43. The van der Waals surface area contributed by atoms with Gasteiger partial charge in [-0.15, -0.1) is 0 Å². The second-order valence-corrected chi connectivity index (χ2v) is 5.24. The molecule has 1 nitrogen and oxygen atoms in total. The van der Waals surface area contributed by atoms with E-state index >= 15 is 0 Å². The third-order valence-corrected chi connectivity index (χ3v) is 4.35. The van der Waals surface area contributed by atoms with Crippen LogP contribution in [0.15, 0.2) is 0 Å². The van der Waals surface area contributed by atoms with E-state index in [-0.39, 0.29) is 6.10 Å². The fraction of sp³-hybridized carbons (Fsp3) is 1.00. The molecule has 0 saturated carbocycles. The summed E-state index contributed by atoms with van der Waals surface area (Å²) in [5.41, 5.74) is 0. The Bertz CT molecular complexity index is 127. The molecule has 4 atom stereocenters. The van der Waals surface area contributed by atoms with Crippen LogP contribution in [0.5, 0.6) is 0 Å². The van der Waals surface area contributed by atoms with Gasteiger partial charge in [0.25, 0.3) is 0 Å². The van der Waals surface area contributed by atoms with Gasteiger partial charge in [0.05, 0.1) is 6.10 Å². The molecule has 1 fully saturated rings. The number of aliphatic hydroxyl groups excluding tert-OH is 1. The molecule has 0 aromatic heterocycles. The fourth-order valence-electron chi connectivity index (χ4n) is 1.75. The van der Waals surface area contributed by atoms with E-state index < -0.39 is 0 Å². The molecule has 1 rings (SSSR count). The molecule has 0 aliphatic carbocycles. The van der Waals surface area contributed by atoms with Crippen LogP contribution in [0, 0.1) is 5.92 Å². The zero-order valence-electron chi connectivity index (χ0n) is 7.58. The van der Waals surface area contributed by atoms with Crippen LogP contribution in [0.2, 0.25) is 0 Å². The molecule has 66 valence electrons. The molecule has 11 heavy (non-hydrogen) atoms. The minimum absolute atomic E-state index is 0.0591. The van der Waals surface area contributed by atoms with Crippen molar-refractivity contribution in [2.45, 2.75) is 50.2 Å². The Kier molecular flexibility index (Phi) is 3.26. The Morgan fingerprint density at radius 3 is 2.64 bits per heavy atom. The van der Waals surface area contributed by atoms with Gasteiger partial charge < -0.3 is 5.11 Å². The lowest BCUT2D eigenvalue weighted by Crippen LogP contribution is -2.35. The molecular weight excluding hydrogens is 156 g/mol. The van der Waals surface area contributed by atoms with Gasteiger partial charge >= 0.3 is 0 Å². The normalized spacial score (nSPS) is 45.8. The highest BCUT2D eigenvalue weighted by Gasteiger charge is 2.31. The largest absolute Gasteiger partial charge is 0.393 e. The van der Waals surface area contributed by atoms with Gasteiger partial charge in [0.2, 0.25) is 0 Å². The van der Waals surface area contributed by atoms with Gasteiger partial charge in [-0.3, -0.25) is 0 Å². The van der Waals surface area contributed by atoms with Gasteiger partial charge in [0, 0.05) is 10.5 Å². The van der Waals surface area contributed by atoms with Crippen molar-refractivity contribution in [1.82, 2.24) is 0 Å². The summed E-state index contributed by atoms with van der Waals surface area (Å²) in [6, 6.07) is 0. The monoisotopic (exact) mass is 174 g/mol. The highest BCUT2D eigenvalue weighted by Crippen LogP contribution is 2.37. The summed E-state index contributed by atoms with van der Waals surface area (Å²) in [5, 5.41) is 11.0. The Morgan fingerprint density at radius 2 is 2.09 bits per heavy atom. The highest BCUT2D eigenvalue weighted by molar-refractivity contribution is 8.00. The summed E-state index contributed by atoms with van der Waals surface area (Å²) in [6.07, 6.45) is 2.10. The van der Waals surface area contributed by atoms with E-state index in [1.54, 1.807) is 0 Å². The summed E-state index contributed by atoms with van der Waals surface area (Å²) < 4.78 is 0. The molecule has 0 radical (unpaired) electrons. The molecule has 2 heteroatoms. The van der Waals surface area contributed by atoms with E-state index in [1.165, 1.54) is 6.42 Å². The first-order valence-corrected chi connectivity index (χ1v) is 5.43. The van der Waals surface area contributed by atoms with Crippen LogP contribution >= 0.6 is 11.8 Å². The minimum atomic E-state index is -0.0591. The topological polar surface area (TPSA) is 20.2 Å². The average Bonchev–Trinajstić information content (AvgIpc) is 1.96. The molecule has 1 saturated heterocycles. The third-order valence-electron chi connectivity index (χ3n) is 2.58. The first-order valence-electron chi connectivity index (χ1n) is 4.48. The summed E-state index contributed by atoms with van der Waals surface area (Å²) >= 11 is 2.04. The lowest BCUT2D eigenvalue weighted by Gasteiger charge is -2.35. The van der Waals surface area contributed by atoms with Crippen molar-refractivity contribution >= 4 is 11.8 Å². The van der Waals surface area contributed by atoms with Crippen LogP contribution in [-0.2, 0) is 0 Å². The highest BCUT2D eigenvalue weighted by atomic mass is 32.2. The summed E-state index contributed by atoms with van der Waals surface area (Å²) in [7, 11) is 0. The smallest absolute Gasteiger partial charge is 0.0586 e. The van der Waals surface area contributed by atoms with Crippen molar-refractivity contribution in [2.24, 2.45) is 5.92 Å². The number of aliphatic hydroxyl groups is 1. The molecule has 1 heterocycles. The number of hydrogen-bond donors (Lipinski definition) is 1. The van der Waals surface area contributed by atoms with Crippen LogP contribution < -0.4 is 0 Å². The standard InChI is InChI=1S/C9H18OS/c1-4-9-7(3)8(10)5-6(2)11-9/h6-10H,4-5H2,1-3H3/t6-,7-,8+,9-/m0/s1. The molecular formula is C9H18OS. The minimum Gasteiger partial charge on any atom is -0.393 e. The first-order chi connectivity index (χ1) is 5.15. The maximum Gasteiger partial charge on any atom is 0.0586 e. The van der Waals surface area contributed by atoms with Crippen molar-refractivity contribution in [2.75, 3.05) is 0 Å². The van der Waals surface area contributed by atoms with Gasteiger partial charge in [0.1, 0.15) is 0 Å². The molecule has 0 aromatic carbocycles. The lowest BCUT2D eigenvalue weighted by molar-refractivity contribution is 0.100. The van der Waals surface area contributed by atoms with Gasteiger partial charge in [-0.25, -0.2) is 0 Å². The molecule has 1 aliphatic rings. The van der Waals surface area contributed by atoms with Crippen LogP contribution in [0.25, 0.3) is 0 Å². The quantitative estimate of drug-likeness (QED) is 0.658. The Hall–Kier alpha value is 0.310. The summed E-state index contributed by atoms with van der Waals surface area (Å²) in [6.45, 7) is 6.58. The van der Waals surface area contributed by atoms with Crippen molar-refractivity contribution in [3.05, 3.63) is 0 Å². The molecule has 0 unspecified atom stereocenters. The number of rotatable bonds is 1. The predicted octanol–water partition coefficient (Wildman–Crippen LogP) is 2.29. The van der Waals surface area contributed by atoms with E-state index in [4.69, 9.17) is 0 Å². The van der Waals surface area contributed by atoms with Crippen LogP contribution in [0.4, 0.5) is 0 Å². The Labute approximate surface area is 73.6 Å². The van der Waals surface area contributed by atoms with Crippen LogP contribution in [0.3, 0.4) is 0 Å². The summed E-state index contributed by atoms with van der Waals surface area (Å²) in [4.78, 5) is 0. The zero-order valence-corrected chi connectivity index (χ0v) is 8.40. The first kappa shape index (κ1) is 9.40. The second kappa shape index (κ2) is 3.81. The molecule has 0 spiro atoms. The van der Waals surface area contributed by atoms with Gasteiger partial charge in [0.15, 0.2) is 0 Å². The summed E-state index contributed by atoms with van der Waals surface area (Å²) in [5.74, 6) is 0.487. The Morgan fingerprint density at radius 1 is 1.45 bits per heavy atom. The maximum atomic E-state index is 9.64. The van der Waals surface area contributed by atoms with Gasteiger partial charge in [-0.1, -0.05) is 20.8 Å². The molecule has 1 N–H and O–H groups in total. The lowest BCUT2D eigenvalue weighted by atomic mass is 9.95. The van der Waals surface area contributed by atoms with Crippen molar-refractivity contribution in [3.63, 3.8) is 0 Å². The Balaban J connectivity index is 2.51. The van der Waals surface area contributed by atoms with E-state index in [0.717, 1.165) is 6.42 Å². The predicted molar refractivity (Wildman–Crippen MR) is 50.9 cm³/mol. The van der Waals surface area contributed by atoms with E-state index in [9.17, 15) is 5.11 Å². The number of thioether (sulfide) groups is 1. The van der Waals surface area contributed by atoms with Crippen molar-refractivity contribution in [3.8, 4) is 0 Å². The van der Waals surface area contributed by atoms with Gasteiger partial charge in [-0.2, -0.15) is 11.8 Å². The average molecular weight is 174 g/mol. The SMILES string of the molecule is CC[C@@H]1S[C@@H](C)C[C@@H](O)[C@@H]1C. The van der Waals surface area contributed by atoms with Crippen molar-refractivity contribution < 1.29 is 5.11 Å². The molecule has 0 bridgehead atoms. The van der Waals surface area contributed by atoms with Crippen LogP contribution in [0.1, 0.15) is 33.6 Å². The van der Waals surface area contributed by atoms with Crippen LogP contribution in [-0.4, -0.2) is 21.7 Å². The van der Waals surface area contributed by atoms with Gasteiger partial charge in [-0.05, 0) is 18.8 Å². The molecule has 1 aliphatic heterocycles. The third kappa shape index (κ3) is 2.12. The number of hydrogen-bond acceptors (Lipinski definition) is 2. The van der Waals surface area contributed by atoms with Crippen molar-refractivity contribution in [1.29, 1.82) is 0 Å². The van der Waals surface area contributed by atoms with E-state index in [0.29, 0.717) is 16.4 Å². The maximum absolute atomic E-state index is 9.64. The molecule has 0 amide bonds. The van der Waals surface area contributed by atoms with E-state index in [2.05, 4.69) is 20.8 Å². The van der Waals surface area contributed by atoms with E-state index in [1.807, 2.05) is 11.8 Å². The second-order valence-electron chi connectivity index (χ2n) is 3.56. The fourth-order valence-corrected chi connectivity index (χ4v) is 3.28. The molecule has 0 aromatic rings.